The van der Waals surface area contributed by atoms with Crippen LogP contribution in [0, 0.1) is 11.7 Å². The summed E-state index contributed by atoms with van der Waals surface area (Å²) >= 11 is 1.87. The summed E-state index contributed by atoms with van der Waals surface area (Å²) in [6.07, 6.45) is 6.09. The Labute approximate surface area is 248 Å². The Hall–Kier alpha value is -2.79. The van der Waals surface area contributed by atoms with Gasteiger partial charge in [-0.15, -0.1) is 0 Å². The number of halogens is 3. The van der Waals surface area contributed by atoms with Crippen molar-refractivity contribution in [3.63, 3.8) is 0 Å². The highest BCUT2D eigenvalue weighted by molar-refractivity contribution is 7.99. The maximum absolute atomic E-state index is 15.6. The van der Waals surface area contributed by atoms with Gasteiger partial charge in [-0.3, -0.25) is 9.36 Å². The van der Waals surface area contributed by atoms with Crippen LogP contribution in [0.5, 0.6) is 0 Å². The molecule has 0 spiro atoms. The normalized spacial score (nSPS) is 23.8. The standard InChI is InChI=1S/C31H39F3N6OS/c32-27-23-5-4-6-25(27)31(33,34)10-7-22-8-13-38(14-9-22)11-2-1-3-12-40-29-24(28(35-20-23)36-21-37-29)19-26(30(40)41)39-15-17-42-18-16-39/h4-6,19,21-22H,1-3,7-18,20H2,(H,35,36,37). The lowest BCUT2D eigenvalue weighted by atomic mass is 9.89. The molecule has 0 atom stereocenters. The third-order valence-electron chi connectivity index (χ3n) is 9.06. The Morgan fingerprint density at radius 2 is 1.74 bits per heavy atom. The number of aryl methyl sites for hydroxylation is 1. The summed E-state index contributed by atoms with van der Waals surface area (Å²) in [5.41, 5.74) is 0.702. The minimum absolute atomic E-state index is 0.0187. The molecular formula is C31H39F3N6OS. The van der Waals surface area contributed by atoms with Gasteiger partial charge in [-0.1, -0.05) is 24.6 Å². The van der Waals surface area contributed by atoms with Crippen molar-refractivity contribution in [1.29, 1.82) is 0 Å². The number of aromatic nitrogens is 3. The summed E-state index contributed by atoms with van der Waals surface area (Å²) in [5, 5.41) is 3.85. The second-order valence-electron chi connectivity index (χ2n) is 11.8. The lowest BCUT2D eigenvalue weighted by Crippen LogP contribution is -2.38. The molecule has 1 aromatic carbocycles. The Bertz CT molecular complexity index is 1450. The van der Waals surface area contributed by atoms with E-state index >= 15 is 13.2 Å². The van der Waals surface area contributed by atoms with Crippen molar-refractivity contribution in [3.8, 4) is 0 Å². The molecular weight excluding hydrogens is 561 g/mol. The number of alkyl halides is 2. The molecule has 1 N–H and O–H groups in total. The number of pyridine rings is 1. The zero-order valence-corrected chi connectivity index (χ0v) is 24.8. The Kier molecular flexibility index (Phi) is 8.95. The topological polar surface area (TPSA) is 66.3 Å². The van der Waals surface area contributed by atoms with Crippen LogP contribution in [0.15, 0.2) is 35.4 Å². The van der Waals surface area contributed by atoms with Crippen LogP contribution in [0.4, 0.5) is 24.7 Å². The number of nitrogens with one attached hydrogen (secondary N) is 1. The first kappa shape index (κ1) is 29.3. The van der Waals surface area contributed by atoms with E-state index in [9.17, 15) is 4.79 Å². The van der Waals surface area contributed by atoms with Crippen molar-refractivity contribution in [2.45, 2.75) is 64.0 Å². The van der Waals surface area contributed by atoms with Gasteiger partial charge in [0, 0.05) is 49.7 Å². The highest BCUT2D eigenvalue weighted by atomic mass is 32.2. The van der Waals surface area contributed by atoms with E-state index in [1.807, 2.05) is 17.8 Å². The fourth-order valence-electron chi connectivity index (χ4n) is 6.52. The molecule has 0 saturated carbocycles. The quantitative estimate of drug-likeness (QED) is 0.375. The molecule has 2 fully saturated rings. The second kappa shape index (κ2) is 12.8. The molecule has 226 valence electrons. The van der Waals surface area contributed by atoms with Gasteiger partial charge in [-0.05, 0) is 63.7 Å². The molecule has 4 aliphatic heterocycles. The number of hydrogen-bond donors (Lipinski definition) is 1. The molecule has 11 heteroatoms. The van der Waals surface area contributed by atoms with Crippen molar-refractivity contribution < 1.29 is 13.2 Å². The summed E-state index contributed by atoms with van der Waals surface area (Å²) in [5.74, 6) is -1.53. The predicted molar refractivity (Wildman–Crippen MR) is 163 cm³/mol. The molecule has 0 aliphatic carbocycles. The Morgan fingerprint density at radius 1 is 0.952 bits per heavy atom. The van der Waals surface area contributed by atoms with Gasteiger partial charge in [-0.25, -0.2) is 23.1 Å². The number of anilines is 2. The third kappa shape index (κ3) is 6.27. The van der Waals surface area contributed by atoms with E-state index in [4.69, 9.17) is 0 Å². The van der Waals surface area contributed by atoms with Crippen LogP contribution in [0.2, 0.25) is 0 Å². The third-order valence-corrected chi connectivity index (χ3v) is 10.0. The summed E-state index contributed by atoms with van der Waals surface area (Å²) < 4.78 is 48.0. The van der Waals surface area contributed by atoms with Gasteiger partial charge in [0.1, 0.15) is 29.3 Å². The average molecular weight is 601 g/mol. The second-order valence-corrected chi connectivity index (χ2v) is 13.0. The Balaban J connectivity index is 1.37. The first-order valence-electron chi connectivity index (χ1n) is 15.2. The van der Waals surface area contributed by atoms with Gasteiger partial charge in [0.25, 0.3) is 11.5 Å². The molecule has 2 saturated heterocycles. The van der Waals surface area contributed by atoms with Crippen molar-refractivity contribution in [2.75, 3.05) is 54.4 Å². The van der Waals surface area contributed by atoms with Gasteiger partial charge in [0.05, 0.1) is 10.9 Å². The maximum Gasteiger partial charge on any atom is 0.276 e. The minimum Gasteiger partial charge on any atom is -0.365 e. The van der Waals surface area contributed by atoms with E-state index in [1.54, 1.807) is 4.57 Å². The van der Waals surface area contributed by atoms with Gasteiger partial charge in [0.15, 0.2) is 0 Å². The van der Waals surface area contributed by atoms with Crippen molar-refractivity contribution in [3.05, 3.63) is 57.9 Å². The van der Waals surface area contributed by atoms with Gasteiger partial charge in [-0.2, -0.15) is 11.8 Å². The van der Waals surface area contributed by atoms with Crippen LogP contribution in [0.3, 0.4) is 0 Å². The maximum atomic E-state index is 15.6. The first-order chi connectivity index (χ1) is 20.4. The van der Waals surface area contributed by atoms with Crippen LogP contribution in [-0.4, -0.2) is 63.7 Å². The number of piperidine rings is 1. The van der Waals surface area contributed by atoms with E-state index in [0.29, 0.717) is 35.5 Å². The predicted octanol–water partition coefficient (Wildman–Crippen LogP) is 5.86. The van der Waals surface area contributed by atoms with Gasteiger partial charge < -0.3 is 15.1 Å². The molecule has 3 aromatic rings. The Morgan fingerprint density at radius 3 is 2.55 bits per heavy atom. The van der Waals surface area contributed by atoms with Crippen LogP contribution < -0.4 is 15.8 Å². The zero-order valence-electron chi connectivity index (χ0n) is 24.0. The molecule has 8 bridgehead atoms. The number of benzene rings is 1. The SMILES string of the molecule is O=c1c(N2CCSCC2)cc2c3ncnc2n1CCCCCN1CCC(CC1)CCC(F)(F)c1cccc(c1F)CN3. The van der Waals surface area contributed by atoms with E-state index in [1.165, 1.54) is 24.5 Å². The van der Waals surface area contributed by atoms with Gasteiger partial charge in [0.2, 0.25) is 0 Å². The van der Waals surface area contributed by atoms with Crippen LogP contribution in [0.25, 0.3) is 11.0 Å². The lowest BCUT2D eigenvalue weighted by Gasteiger charge is -2.32. The van der Waals surface area contributed by atoms with Crippen molar-refractivity contribution >= 4 is 34.3 Å². The molecule has 0 radical (unpaired) electrons. The van der Waals surface area contributed by atoms with E-state index in [0.717, 1.165) is 76.3 Å². The molecule has 6 heterocycles. The molecule has 7 nitrogen and oxygen atoms in total. The number of nitrogens with zero attached hydrogens (tertiary/aromatic N) is 5. The highest BCUT2D eigenvalue weighted by Crippen LogP contribution is 2.38. The van der Waals surface area contributed by atoms with E-state index in [2.05, 4.69) is 25.1 Å². The lowest BCUT2D eigenvalue weighted by molar-refractivity contribution is -0.0249. The fourth-order valence-corrected chi connectivity index (χ4v) is 7.43. The molecule has 0 unspecified atom stereocenters. The number of fused-ring (bicyclic) bond motifs is 9. The van der Waals surface area contributed by atoms with E-state index in [-0.39, 0.29) is 30.0 Å². The summed E-state index contributed by atoms with van der Waals surface area (Å²) in [7, 11) is 0. The smallest absolute Gasteiger partial charge is 0.276 e. The van der Waals surface area contributed by atoms with Crippen LogP contribution in [-0.2, 0) is 19.0 Å². The molecule has 42 heavy (non-hydrogen) atoms. The summed E-state index contributed by atoms with van der Waals surface area (Å²) in [6, 6.07) is 6.08. The van der Waals surface area contributed by atoms with Crippen LogP contribution in [0.1, 0.15) is 56.1 Å². The van der Waals surface area contributed by atoms with Crippen molar-refractivity contribution in [1.82, 2.24) is 19.4 Å². The molecule has 0 amide bonds. The molecule has 4 aliphatic rings. The highest BCUT2D eigenvalue weighted by Gasteiger charge is 2.36. The largest absolute Gasteiger partial charge is 0.365 e. The van der Waals surface area contributed by atoms with Crippen molar-refractivity contribution in [2.24, 2.45) is 5.92 Å². The minimum atomic E-state index is -3.24. The summed E-state index contributed by atoms with van der Waals surface area (Å²) in [6.45, 7) is 4.89. The number of rotatable bonds is 1. The zero-order chi connectivity index (χ0) is 29.1. The monoisotopic (exact) mass is 600 g/mol. The van der Waals surface area contributed by atoms with E-state index < -0.39 is 17.3 Å². The first-order valence-corrected chi connectivity index (χ1v) is 16.4. The molecule has 2 aromatic heterocycles. The van der Waals surface area contributed by atoms with Gasteiger partial charge >= 0.3 is 0 Å². The fraction of sp³-hybridized carbons (Fsp3) is 0.581. The molecule has 7 rings (SSSR count). The average Bonchev–Trinajstić information content (AvgIpc) is 3.00. The summed E-state index contributed by atoms with van der Waals surface area (Å²) in [4.78, 5) is 27.3. The van der Waals surface area contributed by atoms with Crippen LogP contribution >= 0.6 is 11.8 Å². The number of hydrogen-bond acceptors (Lipinski definition) is 7. The number of thioether (sulfide) groups is 1.